The van der Waals surface area contributed by atoms with Crippen LogP contribution in [0.2, 0.25) is 0 Å². The normalized spacial score (nSPS) is 30.6. The van der Waals surface area contributed by atoms with Gasteiger partial charge in [-0.3, -0.25) is 0 Å². The van der Waals surface area contributed by atoms with Gasteiger partial charge >= 0.3 is 0 Å². The van der Waals surface area contributed by atoms with Crippen molar-refractivity contribution < 1.29 is 5.11 Å². The second-order valence-corrected chi connectivity index (χ2v) is 5.79. The Kier molecular flexibility index (Phi) is 3.62. The molecule has 2 rings (SSSR count). The largest absolute Gasteiger partial charge is 0.389 e. The lowest BCUT2D eigenvalue weighted by atomic mass is 9.80. The molecule has 3 nitrogen and oxygen atoms in total. The van der Waals surface area contributed by atoms with Gasteiger partial charge in [0.1, 0.15) is 0 Å². The molecular weight excluding hydrogens is 220 g/mol. The number of aryl methyl sites for hydroxylation is 1. The lowest BCUT2D eigenvalue weighted by Crippen LogP contribution is -2.41. The Hall–Kier alpha value is -0.450. The summed E-state index contributed by atoms with van der Waals surface area (Å²) < 4.78 is 0. The number of nitrogens with one attached hydrogen (secondary N) is 1. The van der Waals surface area contributed by atoms with Crippen LogP contribution in [0.1, 0.15) is 36.4 Å². The van der Waals surface area contributed by atoms with Crippen LogP contribution in [0.3, 0.4) is 0 Å². The monoisotopic (exact) mass is 240 g/mol. The maximum atomic E-state index is 10.5. The second kappa shape index (κ2) is 4.82. The summed E-state index contributed by atoms with van der Waals surface area (Å²) >= 11 is 1.66. The first-order chi connectivity index (χ1) is 7.61. The topological polar surface area (TPSA) is 45.1 Å². The molecule has 0 radical (unpaired) electrons. The van der Waals surface area contributed by atoms with Crippen LogP contribution < -0.4 is 5.32 Å². The highest BCUT2D eigenvalue weighted by Gasteiger charge is 2.33. The maximum Gasteiger partial charge on any atom is 0.0956 e. The van der Waals surface area contributed by atoms with Crippen molar-refractivity contribution in [3.05, 3.63) is 16.1 Å². The van der Waals surface area contributed by atoms with Gasteiger partial charge in [0.15, 0.2) is 0 Å². The van der Waals surface area contributed by atoms with Gasteiger partial charge in [-0.05, 0) is 39.7 Å². The molecule has 1 aliphatic rings. The van der Waals surface area contributed by atoms with E-state index in [1.807, 2.05) is 14.0 Å². The Bertz CT molecular complexity index is 343. The molecule has 0 amide bonds. The summed E-state index contributed by atoms with van der Waals surface area (Å²) in [5, 5.41) is 16.9. The van der Waals surface area contributed by atoms with Crippen LogP contribution >= 0.6 is 11.3 Å². The predicted octanol–water partition coefficient (Wildman–Crippen LogP) is 1.89. The summed E-state index contributed by atoms with van der Waals surface area (Å²) in [6.07, 6.45) is 4.63. The zero-order chi connectivity index (χ0) is 11.6. The third-order valence-corrected chi connectivity index (χ3v) is 4.44. The van der Waals surface area contributed by atoms with Gasteiger partial charge in [0, 0.05) is 23.5 Å². The smallest absolute Gasteiger partial charge is 0.0956 e. The van der Waals surface area contributed by atoms with E-state index in [1.54, 1.807) is 11.3 Å². The molecule has 0 aliphatic heterocycles. The quantitative estimate of drug-likeness (QED) is 0.848. The molecule has 0 atom stereocenters. The molecule has 0 bridgehead atoms. The Morgan fingerprint density at radius 3 is 2.75 bits per heavy atom. The van der Waals surface area contributed by atoms with E-state index in [0.717, 1.165) is 42.8 Å². The Balaban J connectivity index is 1.94. The average Bonchev–Trinajstić information content (AvgIpc) is 2.64. The predicted molar refractivity (Wildman–Crippen MR) is 66.8 cm³/mol. The van der Waals surface area contributed by atoms with Gasteiger partial charge in [-0.2, -0.15) is 0 Å². The molecule has 0 aromatic carbocycles. The Morgan fingerprint density at radius 2 is 2.25 bits per heavy atom. The van der Waals surface area contributed by atoms with E-state index < -0.39 is 5.60 Å². The van der Waals surface area contributed by atoms with Gasteiger partial charge in [0.2, 0.25) is 0 Å². The van der Waals surface area contributed by atoms with Gasteiger partial charge < -0.3 is 10.4 Å². The van der Waals surface area contributed by atoms with E-state index in [2.05, 4.69) is 15.7 Å². The molecule has 90 valence electrons. The molecule has 0 unspecified atom stereocenters. The number of hydrogen-bond donors (Lipinski definition) is 2. The number of nitrogens with zero attached hydrogens (tertiary/aromatic N) is 1. The molecule has 0 saturated heterocycles. The average molecular weight is 240 g/mol. The van der Waals surface area contributed by atoms with Crippen molar-refractivity contribution in [2.24, 2.45) is 0 Å². The molecule has 0 spiro atoms. The highest BCUT2D eigenvalue weighted by atomic mass is 32.1. The van der Waals surface area contributed by atoms with Crippen LogP contribution in [0.25, 0.3) is 0 Å². The molecule has 1 saturated carbocycles. The fourth-order valence-corrected chi connectivity index (χ4v) is 3.29. The first kappa shape index (κ1) is 12.0. The fraction of sp³-hybridized carbons (Fsp3) is 0.750. The summed E-state index contributed by atoms with van der Waals surface area (Å²) in [7, 11) is 2.00. The number of aliphatic hydroxyl groups is 1. The number of thiazole rings is 1. The molecule has 1 aromatic heterocycles. The first-order valence-electron chi connectivity index (χ1n) is 5.92. The summed E-state index contributed by atoms with van der Waals surface area (Å²) in [5.41, 5.74) is 0.546. The highest BCUT2D eigenvalue weighted by Crippen LogP contribution is 2.32. The van der Waals surface area contributed by atoms with E-state index in [0.29, 0.717) is 6.04 Å². The molecule has 1 aliphatic carbocycles. The molecule has 1 fully saturated rings. The summed E-state index contributed by atoms with van der Waals surface area (Å²) in [5.74, 6) is 0. The summed E-state index contributed by atoms with van der Waals surface area (Å²) in [4.78, 5) is 4.43. The van der Waals surface area contributed by atoms with E-state index in [-0.39, 0.29) is 0 Å². The van der Waals surface area contributed by atoms with Crippen LogP contribution in [-0.2, 0) is 6.42 Å². The molecule has 2 N–H and O–H groups in total. The minimum absolute atomic E-state index is 0.516. The van der Waals surface area contributed by atoms with Gasteiger partial charge in [-0.1, -0.05) is 0 Å². The molecule has 1 heterocycles. The molecule has 1 aromatic rings. The van der Waals surface area contributed by atoms with Crippen molar-refractivity contribution in [2.75, 3.05) is 7.05 Å². The molecular formula is C12H20N2OS. The maximum absolute atomic E-state index is 10.5. The summed E-state index contributed by atoms with van der Waals surface area (Å²) in [6, 6.07) is 0.582. The standard InChI is InChI=1S/C12H20N2OS/c1-9-8-16-11(14-9)7-12(15)5-3-10(13-2)4-6-12/h8,10,13,15H,3-7H2,1-2H3. The van der Waals surface area contributed by atoms with Gasteiger partial charge in [-0.25, -0.2) is 4.98 Å². The van der Waals surface area contributed by atoms with Crippen LogP contribution in [-0.4, -0.2) is 28.8 Å². The zero-order valence-corrected chi connectivity index (χ0v) is 10.8. The van der Waals surface area contributed by atoms with Crippen molar-refractivity contribution in [1.29, 1.82) is 0 Å². The van der Waals surface area contributed by atoms with Gasteiger partial charge in [-0.15, -0.1) is 11.3 Å². The lowest BCUT2D eigenvalue weighted by Gasteiger charge is -2.35. The minimum atomic E-state index is -0.516. The van der Waals surface area contributed by atoms with E-state index in [4.69, 9.17) is 0 Å². The van der Waals surface area contributed by atoms with E-state index in [9.17, 15) is 5.11 Å². The number of hydrogen-bond acceptors (Lipinski definition) is 4. The minimum Gasteiger partial charge on any atom is -0.389 e. The van der Waals surface area contributed by atoms with Crippen LogP contribution in [0.15, 0.2) is 5.38 Å². The zero-order valence-electron chi connectivity index (χ0n) is 9.99. The van der Waals surface area contributed by atoms with Crippen molar-refractivity contribution in [2.45, 2.75) is 50.7 Å². The number of aromatic nitrogens is 1. The van der Waals surface area contributed by atoms with Gasteiger partial charge in [0.05, 0.1) is 10.6 Å². The second-order valence-electron chi connectivity index (χ2n) is 4.85. The Labute approximate surface area is 101 Å². The number of rotatable bonds is 3. The van der Waals surface area contributed by atoms with Crippen molar-refractivity contribution in [3.8, 4) is 0 Å². The Morgan fingerprint density at radius 1 is 1.56 bits per heavy atom. The fourth-order valence-electron chi connectivity index (χ4n) is 2.39. The van der Waals surface area contributed by atoms with Crippen molar-refractivity contribution >= 4 is 11.3 Å². The third kappa shape index (κ3) is 2.81. The van der Waals surface area contributed by atoms with Crippen LogP contribution in [0, 0.1) is 6.92 Å². The SMILES string of the molecule is CNC1CCC(O)(Cc2nc(C)cs2)CC1. The van der Waals surface area contributed by atoms with Crippen molar-refractivity contribution in [3.63, 3.8) is 0 Å². The highest BCUT2D eigenvalue weighted by molar-refractivity contribution is 7.09. The van der Waals surface area contributed by atoms with Crippen LogP contribution in [0.4, 0.5) is 0 Å². The first-order valence-corrected chi connectivity index (χ1v) is 6.80. The van der Waals surface area contributed by atoms with E-state index in [1.165, 1.54) is 0 Å². The van der Waals surface area contributed by atoms with Gasteiger partial charge in [0.25, 0.3) is 0 Å². The third-order valence-electron chi connectivity index (χ3n) is 3.47. The van der Waals surface area contributed by atoms with E-state index >= 15 is 0 Å². The molecule has 16 heavy (non-hydrogen) atoms. The summed E-state index contributed by atoms with van der Waals surface area (Å²) in [6.45, 7) is 2.00. The van der Waals surface area contributed by atoms with Crippen molar-refractivity contribution in [1.82, 2.24) is 10.3 Å². The lowest BCUT2D eigenvalue weighted by molar-refractivity contribution is -0.00247. The van der Waals surface area contributed by atoms with Crippen LogP contribution in [0.5, 0.6) is 0 Å². The molecule has 4 heteroatoms.